The molecule has 2 aliphatic rings. The highest BCUT2D eigenvalue weighted by Crippen LogP contribution is 2.22. The van der Waals surface area contributed by atoms with E-state index in [-0.39, 0.29) is 0 Å². The molecule has 2 saturated heterocycles. The second-order valence-corrected chi connectivity index (χ2v) is 5.51. The molecule has 0 aromatic carbocycles. The third kappa shape index (κ3) is 2.65. The number of aromatic nitrogens is 1. The summed E-state index contributed by atoms with van der Waals surface area (Å²) in [4.78, 5) is 9.27. The molecular weight excluding hydrogens is 224 g/mol. The minimum atomic E-state index is 0.629. The lowest BCUT2D eigenvalue weighted by Gasteiger charge is -2.44. The molecule has 0 amide bonds. The van der Waals surface area contributed by atoms with Crippen molar-refractivity contribution in [1.29, 1.82) is 0 Å². The van der Waals surface area contributed by atoms with Gasteiger partial charge >= 0.3 is 0 Å². The Kier molecular flexibility index (Phi) is 3.48. The summed E-state index contributed by atoms with van der Waals surface area (Å²) in [6.45, 7) is 5.93. The van der Waals surface area contributed by atoms with Crippen LogP contribution in [-0.4, -0.2) is 47.0 Å². The van der Waals surface area contributed by atoms with Crippen LogP contribution in [0.3, 0.4) is 0 Å². The molecule has 2 fully saturated rings. The van der Waals surface area contributed by atoms with E-state index in [0.717, 1.165) is 12.6 Å². The fourth-order valence-electron chi connectivity index (χ4n) is 3.21. The molecule has 0 bridgehead atoms. The van der Waals surface area contributed by atoms with Crippen molar-refractivity contribution in [3.63, 3.8) is 0 Å². The van der Waals surface area contributed by atoms with Gasteiger partial charge in [0.15, 0.2) is 0 Å². The van der Waals surface area contributed by atoms with Gasteiger partial charge in [-0.25, -0.2) is 4.98 Å². The van der Waals surface area contributed by atoms with Crippen LogP contribution < -0.4 is 5.73 Å². The predicted octanol–water partition coefficient (Wildman–Crippen LogP) is 1.33. The van der Waals surface area contributed by atoms with Crippen molar-refractivity contribution in [2.24, 2.45) is 0 Å². The Morgan fingerprint density at radius 1 is 1.28 bits per heavy atom. The van der Waals surface area contributed by atoms with Crippen LogP contribution in [0, 0.1) is 0 Å². The van der Waals surface area contributed by atoms with Gasteiger partial charge in [0.25, 0.3) is 0 Å². The van der Waals surface area contributed by atoms with Crippen molar-refractivity contribution < 1.29 is 0 Å². The summed E-state index contributed by atoms with van der Waals surface area (Å²) in [5.74, 6) is 0.629. The fourth-order valence-corrected chi connectivity index (χ4v) is 3.21. The third-order valence-corrected chi connectivity index (χ3v) is 4.17. The first kappa shape index (κ1) is 11.9. The molecule has 0 spiro atoms. The first-order valence-corrected chi connectivity index (χ1v) is 6.98. The number of fused-ring (bicyclic) bond motifs is 1. The minimum Gasteiger partial charge on any atom is -0.384 e. The summed E-state index contributed by atoms with van der Waals surface area (Å²) >= 11 is 0. The van der Waals surface area contributed by atoms with E-state index in [1.165, 1.54) is 51.0 Å². The third-order valence-electron chi connectivity index (χ3n) is 4.17. The van der Waals surface area contributed by atoms with Crippen LogP contribution in [0.1, 0.15) is 24.8 Å². The highest BCUT2D eigenvalue weighted by molar-refractivity contribution is 5.31. The Hall–Kier alpha value is -1.13. The van der Waals surface area contributed by atoms with Crippen molar-refractivity contribution in [3.05, 3.63) is 23.9 Å². The van der Waals surface area contributed by atoms with E-state index in [9.17, 15) is 0 Å². The first-order chi connectivity index (χ1) is 8.81. The van der Waals surface area contributed by atoms with Crippen LogP contribution in [0.15, 0.2) is 18.3 Å². The van der Waals surface area contributed by atoms with Gasteiger partial charge in [0.1, 0.15) is 5.82 Å². The number of hydrogen-bond donors (Lipinski definition) is 1. The summed E-state index contributed by atoms with van der Waals surface area (Å²) in [6, 6.07) is 4.85. The summed E-state index contributed by atoms with van der Waals surface area (Å²) in [7, 11) is 0. The van der Waals surface area contributed by atoms with E-state index in [2.05, 4.69) is 20.9 Å². The zero-order valence-electron chi connectivity index (χ0n) is 10.9. The molecule has 3 rings (SSSR count). The number of nitrogen functional groups attached to an aromatic ring is 1. The Morgan fingerprint density at radius 3 is 3.11 bits per heavy atom. The van der Waals surface area contributed by atoms with Crippen LogP contribution in [0.4, 0.5) is 5.82 Å². The Labute approximate surface area is 109 Å². The van der Waals surface area contributed by atoms with Gasteiger partial charge in [-0.05, 0) is 37.1 Å². The molecule has 18 heavy (non-hydrogen) atoms. The molecule has 2 N–H and O–H groups in total. The number of nitrogens with two attached hydrogens (primary N) is 1. The van der Waals surface area contributed by atoms with Gasteiger partial charge in [-0.3, -0.25) is 9.80 Å². The number of rotatable bonds is 2. The van der Waals surface area contributed by atoms with E-state index in [0.29, 0.717) is 5.82 Å². The predicted molar refractivity (Wildman–Crippen MR) is 73.1 cm³/mol. The normalized spacial score (nSPS) is 25.9. The van der Waals surface area contributed by atoms with Gasteiger partial charge in [-0.15, -0.1) is 0 Å². The SMILES string of the molecule is Nc1cc(CN2CCN3CCCCC3C2)ccn1. The molecule has 98 valence electrons. The van der Waals surface area contributed by atoms with E-state index in [1.807, 2.05) is 12.3 Å². The van der Waals surface area contributed by atoms with Crippen LogP contribution >= 0.6 is 0 Å². The fraction of sp³-hybridized carbons (Fsp3) is 0.643. The van der Waals surface area contributed by atoms with Gasteiger partial charge in [0.05, 0.1) is 0 Å². The number of piperazine rings is 1. The number of hydrogen-bond acceptors (Lipinski definition) is 4. The quantitative estimate of drug-likeness (QED) is 0.855. The van der Waals surface area contributed by atoms with E-state index < -0.39 is 0 Å². The van der Waals surface area contributed by atoms with Crippen LogP contribution in [-0.2, 0) is 6.54 Å². The molecule has 0 saturated carbocycles. The Bertz CT molecular complexity index is 407. The maximum absolute atomic E-state index is 5.73. The molecule has 1 unspecified atom stereocenters. The molecule has 0 aliphatic carbocycles. The number of nitrogens with zero attached hydrogens (tertiary/aromatic N) is 3. The summed E-state index contributed by atoms with van der Waals surface area (Å²) in [5, 5.41) is 0. The number of anilines is 1. The lowest BCUT2D eigenvalue weighted by molar-refractivity contribution is 0.0457. The highest BCUT2D eigenvalue weighted by Gasteiger charge is 2.28. The van der Waals surface area contributed by atoms with Crippen molar-refractivity contribution >= 4 is 5.82 Å². The average molecular weight is 246 g/mol. The molecule has 2 aliphatic heterocycles. The van der Waals surface area contributed by atoms with Crippen molar-refractivity contribution in [2.45, 2.75) is 31.8 Å². The second kappa shape index (κ2) is 5.24. The van der Waals surface area contributed by atoms with Gasteiger partial charge < -0.3 is 5.73 Å². The largest absolute Gasteiger partial charge is 0.384 e. The molecular formula is C14H22N4. The number of piperidine rings is 1. The van der Waals surface area contributed by atoms with E-state index in [4.69, 9.17) is 5.73 Å². The minimum absolute atomic E-state index is 0.629. The molecule has 4 heteroatoms. The molecule has 0 radical (unpaired) electrons. The zero-order valence-corrected chi connectivity index (χ0v) is 10.9. The van der Waals surface area contributed by atoms with Crippen LogP contribution in [0.2, 0.25) is 0 Å². The molecule has 1 atom stereocenters. The first-order valence-electron chi connectivity index (χ1n) is 6.98. The topological polar surface area (TPSA) is 45.4 Å². The summed E-state index contributed by atoms with van der Waals surface area (Å²) in [5.41, 5.74) is 7.02. The zero-order chi connectivity index (χ0) is 12.4. The molecule has 3 heterocycles. The molecule has 4 nitrogen and oxygen atoms in total. The van der Waals surface area contributed by atoms with Crippen molar-refractivity contribution in [2.75, 3.05) is 31.9 Å². The van der Waals surface area contributed by atoms with Crippen molar-refractivity contribution in [1.82, 2.24) is 14.8 Å². The van der Waals surface area contributed by atoms with Gasteiger partial charge in [0, 0.05) is 38.4 Å². The van der Waals surface area contributed by atoms with E-state index >= 15 is 0 Å². The van der Waals surface area contributed by atoms with Crippen LogP contribution in [0.5, 0.6) is 0 Å². The van der Waals surface area contributed by atoms with Gasteiger partial charge in [-0.2, -0.15) is 0 Å². The molecule has 1 aromatic rings. The average Bonchev–Trinajstić information content (AvgIpc) is 2.39. The van der Waals surface area contributed by atoms with Crippen LogP contribution in [0.25, 0.3) is 0 Å². The second-order valence-electron chi connectivity index (χ2n) is 5.51. The Balaban J connectivity index is 1.61. The highest BCUT2D eigenvalue weighted by atomic mass is 15.3. The standard InChI is InChI=1S/C14H22N4/c15-14-9-12(4-5-16-14)10-17-7-8-18-6-2-1-3-13(18)11-17/h4-5,9,13H,1-3,6-8,10-11H2,(H2,15,16). The maximum Gasteiger partial charge on any atom is 0.123 e. The van der Waals surface area contributed by atoms with Gasteiger partial charge in [-0.1, -0.05) is 6.42 Å². The monoisotopic (exact) mass is 246 g/mol. The van der Waals surface area contributed by atoms with Crippen molar-refractivity contribution in [3.8, 4) is 0 Å². The Morgan fingerprint density at radius 2 is 2.22 bits per heavy atom. The van der Waals surface area contributed by atoms with Gasteiger partial charge in [0.2, 0.25) is 0 Å². The van der Waals surface area contributed by atoms with E-state index in [1.54, 1.807) is 0 Å². The molecule has 1 aromatic heterocycles. The maximum atomic E-state index is 5.73. The number of pyridine rings is 1. The smallest absolute Gasteiger partial charge is 0.123 e. The summed E-state index contributed by atoms with van der Waals surface area (Å²) in [6.07, 6.45) is 5.96. The lowest BCUT2D eigenvalue weighted by Crippen LogP contribution is -2.54. The summed E-state index contributed by atoms with van der Waals surface area (Å²) < 4.78 is 0. The lowest BCUT2D eigenvalue weighted by atomic mass is 9.99.